The summed E-state index contributed by atoms with van der Waals surface area (Å²) in [6.45, 7) is 9.19. The molecule has 0 bridgehead atoms. The average Bonchev–Trinajstić information content (AvgIpc) is 2.91. The molecule has 1 unspecified atom stereocenters. The minimum Gasteiger partial charge on any atom is -0.370 e. The summed E-state index contributed by atoms with van der Waals surface area (Å²) < 4.78 is 7.54. The zero-order valence-electron chi connectivity index (χ0n) is 13.3. The van der Waals surface area contributed by atoms with Crippen LogP contribution in [0.15, 0.2) is 4.47 Å². The molecule has 2 rings (SSSR count). The largest absolute Gasteiger partial charge is 0.370 e. The Morgan fingerprint density at radius 3 is 2.52 bits per heavy atom. The van der Waals surface area contributed by atoms with Crippen LogP contribution in [0.3, 0.4) is 0 Å². The van der Waals surface area contributed by atoms with Gasteiger partial charge in [-0.1, -0.05) is 45.8 Å². The molecule has 5 heteroatoms. The lowest BCUT2D eigenvalue weighted by molar-refractivity contribution is -0.0193. The first-order valence-electron chi connectivity index (χ1n) is 7.75. The van der Waals surface area contributed by atoms with Gasteiger partial charge in [-0.2, -0.15) is 0 Å². The fourth-order valence-corrected chi connectivity index (χ4v) is 3.74. The maximum atomic E-state index is 5.95. The van der Waals surface area contributed by atoms with E-state index in [0.29, 0.717) is 17.2 Å². The molecule has 1 aromatic heterocycles. The van der Waals surface area contributed by atoms with Crippen molar-refractivity contribution in [1.29, 1.82) is 0 Å². The number of ether oxygens (including phenoxy) is 1. The molecule has 1 N–H and O–H groups in total. The number of nitrogens with zero attached hydrogens (tertiary/aromatic N) is 1. The van der Waals surface area contributed by atoms with Crippen LogP contribution in [-0.4, -0.2) is 16.6 Å². The Morgan fingerprint density at radius 2 is 2.00 bits per heavy atom. The van der Waals surface area contributed by atoms with Crippen LogP contribution < -0.4 is 0 Å². The first kappa shape index (κ1) is 17.1. The van der Waals surface area contributed by atoms with Crippen LogP contribution in [0, 0.1) is 10.1 Å². The van der Waals surface area contributed by atoms with Gasteiger partial charge in [-0.25, -0.2) is 4.98 Å². The molecular weight excluding hydrogens is 348 g/mol. The summed E-state index contributed by atoms with van der Waals surface area (Å²) in [5.74, 6) is 1.42. The van der Waals surface area contributed by atoms with Gasteiger partial charge in [-0.15, -0.1) is 0 Å². The smallest absolute Gasteiger partial charge is 0.144 e. The van der Waals surface area contributed by atoms with Crippen molar-refractivity contribution in [3.8, 4) is 0 Å². The van der Waals surface area contributed by atoms with E-state index in [9.17, 15) is 0 Å². The molecule has 21 heavy (non-hydrogen) atoms. The average molecular weight is 373 g/mol. The second-order valence-corrected chi connectivity index (χ2v) is 8.02. The number of halogens is 1. The molecule has 1 saturated carbocycles. The van der Waals surface area contributed by atoms with Crippen LogP contribution >= 0.6 is 28.1 Å². The number of hydrogen-bond acceptors (Lipinski definition) is 3. The van der Waals surface area contributed by atoms with Crippen molar-refractivity contribution in [3.63, 3.8) is 0 Å². The summed E-state index contributed by atoms with van der Waals surface area (Å²) in [7, 11) is 0. The van der Waals surface area contributed by atoms with Gasteiger partial charge in [0.25, 0.3) is 0 Å². The van der Waals surface area contributed by atoms with Gasteiger partial charge in [0.15, 0.2) is 0 Å². The van der Waals surface area contributed by atoms with Crippen molar-refractivity contribution in [2.75, 3.05) is 6.61 Å². The highest BCUT2D eigenvalue weighted by molar-refractivity contribution is 9.10. The highest BCUT2D eigenvalue weighted by atomic mass is 79.9. The lowest BCUT2D eigenvalue weighted by Crippen LogP contribution is -2.24. The first-order chi connectivity index (χ1) is 9.84. The predicted molar refractivity (Wildman–Crippen MR) is 92.2 cm³/mol. The molecule has 118 valence electrons. The van der Waals surface area contributed by atoms with Crippen LogP contribution in [0.25, 0.3) is 0 Å². The van der Waals surface area contributed by atoms with Gasteiger partial charge in [0.05, 0.1) is 4.47 Å². The zero-order chi connectivity index (χ0) is 15.6. The van der Waals surface area contributed by atoms with Gasteiger partial charge >= 0.3 is 0 Å². The van der Waals surface area contributed by atoms with Crippen molar-refractivity contribution in [3.05, 3.63) is 20.6 Å². The number of aromatic nitrogens is 2. The third-order valence-corrected chi connectivity index (χ3v) is 5.40. The molecule has 1 heterocycles. The maximum Gasteiger partial charge on any atom is 0.144 e. The summed E-state index contributed by atoms with van der Waals surface area (Å²) in [5, 5.41) is 0. The van der Waals surface area contributed by atoms with Crippen molar-refractivity contribution in [2.45, 2.75) is 65.4 Å². The van der Waals surface area contributed by atoms with Crippen LogP contribution in [-0.2, 0) is 4.74 Å². The minimum absolute atomic E-state index is 0.0257. The van der Waals surface area contributed by atoms with Crippen molar-refractivity contribution >= 4 is 28.1 Å². The fourth-order valence-electron chi connectivity index (χ4n) is 3.02. The van der Waals surface area contributed by atoms with Gasteiger partial charge in [0.1, 0.15) is 16.6 Å². The Bertz CT molecular complexity index is 544. The van der Waals surface area contributed by atoms with Crippen LogP contribution in [0.1, 0.15) is 76.9 Å². The molecule has 1 atom stereocenters. The van der Waals surface area contributed by atoms with E-state index in [4.69, 9.17) is 17.0 Å². The molecular formula is C16H25BrN2OS. The molecule has 0 amide bonds. The van der Waals surface area contributed by atoms with Gasteiger partial charge in [0, 0.05) is 18.2 Å². The minimum atomic E-state index is -0.0718. The molecule has 1 fully saturated rings. The monoisotopic (exact) mass is 372 g/mol. The first-order valence-corrected chi connectivity index (χ1v) is 8.96. The van der Waals surface area contributed by atoms with Gasteiger partial charge < -0.3 is 9.72 Å². The van der Waals surface area contributed by atoms with E-state index in [1.807, 2.05) is 6.92 Å². The van der Waals surface area contributed by atoms with E-state index in [1.165, 1.54) is 31.4 Å². The van der Waals surface area contributed by atoms with Gasteiger partial charge in [-0.05, 0) is 41.1 Å². The number of H-pyrrole nitrogens is 1. The van der Waals surface area contributed by atoms with E-state index < -0.39 is 0 Å². The molecule has 1 aromatic rings. The van der Waals surface area contributed by atoms with Crippen LogP contribution in [0.4, 0.5) is 0 Å². The molecule has 0 radical (unpaired) electrons. The van der Waals surface area contributed by atoms with E-state index in [-0.39, 0.29) is 11.5 Å². The SMILES string of the molecule is CCOC(c1nc(=S)c(Br)c(C2CCCC2)[nH]1)C(C)(C)C. The lowest BCUT2D eigenvalue weighted by atomic mass is 9.88. The van der Waals surface area contributed by atoms with E-state index in [0.717, 1.165) is 10.3 Å². The molecule has 3 nitrogen and oxygen atoms in total. The van der Waals surface area contributed by atoms with E-state index in [2.05, 4.69) is 46.7 Å². The van der Waals surface area contributed by atoms with E-state index >= 15 is 0 Å². The fraction of sp³-hybridized carbons (Fsp3) is 0.750. The van der Waals surface area contributed by atoms with Gasteiger partial charge in [0.2, 0.25) is 0 Å². The predicted octanol–water partition coefficient (Wildman–Crippen LogP) is 5.68. The normalized spacial score (nSPS) is 18.1. The molecule has 1 aliphatic carbocycles. The number of rotatable bonds is 4. The third kappa shape index (κ3) is 3.93. The summed E-state index contributed by atoms with van der Waals surface area (Å²) in [4.78, 5) is 8.11. The van der Waals surface area contributed by atoms with Crippen molar-refractivity contribution in [2.24, 2.45) is 5.41 Å². The number of nitrogens with one attached hydrogen (secondary N) is 1. The summed E-state index contributed by atoms with van der Waals surface area (Å²) in [6, 6.07) is 0. The Morgan fingerprint density at radius 1 is 1.38 bits per heavy atom. The molecule has 0 saturated heterocycles. The lowest BCUT2D eigenvalue weighted by Gasteiger charge is -2.30. The van der Waals surface area contributed by atoms with E-state index in [1.54, 1.807) is 0 Å². The topological polar surface area (TPSA) is 37.9 Å². The van der Waals surface area contributed by atoms with Crippen molar-refractivity contribution < 1.29 is 4.74 Å². The Labute approximate surface area is 141 Å². The Kier molecular flexibility index (Phi) is 5.60. The van der Waals surface area contributed by atoms with Gasteiger partial charge in [-0.3, -0.25) is 0 Å². The standard InChI is InChI=1S/C16H25BrN2OS/c1-5-20-13(16(2,3)4)14-18-12(10-8-6-7-9-10)11(17)15(21)19-14/h10,13H,5-9H2,1-4H3,(H,18,19,21). The zero-order valence-corrected chi connectivity index (χ0v) is 15.7. The third-order valence-electron chi connectivity index (χ3n) is 4.04. The van der Waals surface area contributed by atoms with Crippen molar-refractivity contribution in [1.82, 2.24) is 9.97 Å². The molecule has 0 spiro atoms. The molecule has 0 aliphatic heterocycles. The summed E-state index contributed by atoms with van der Waals surface area (Å²) in [6.07, 6.45) is 4.97. The second-order valence-electron chi connectivity index (χ2n) is 6.84. The number of hydrogen-bond donors (Lipinski definition) is 1. The Balaban J connectivity index is 2.46. The second kappa shape index (κ2) is 6.88. The quantitative estimate of drug-likeness (QED) is 0.690. The summed E-state index contributed by atoms with van der Waals surface area (Å²) >= 11 is 9.08. The number of aromatic amines is 1. The van der Waals surface area contributed by atoms with Crippen LogP contribution in [0.5, 0.6) is 0 Å². The molecule has 1 aliphatic rings. The highest BCUT2D eigenvalue weighted by Crippen LogP contribution is 2.39. The Hall–Kier alpha value is -0.260. The molecule has 0 aromatic carbocycles. The summed E-state index contributed by atoms with van der Waals surface area (Å²) in [5.41, 5.74) is 1.18. The van der Waals surface area contributed by atoms with Crippen LogP contribution in [0.2, 0.25) is 0 Å². The maximum absolute atomic E-state index is 5.95. The highest BCUT2D eigenvalue weighted by Gasteiger charge is 2.30.